The molecule has 0 saturated heterocycles. The molecule has 0 aliphatic rings. The quantitative estimate of drug-likeness (QED) is 0.908. The number of nitrogens with zero attached hydrogens (tertiary/aromatic N) is 1. The van der Waals surface area contributed by atoms with Crippen LogP contribution in [0.1, 0.15) is 11.1 Å². The molecule has 2 aromatic rings. The molecule has 102 valence electrons. The fraction of sp³-hybridized carbons (Fsp3) is 0.400. The summed E-state index contributed by atoms with van der Waals surface area (Å²) < 4.78 is 7.05. The van der Waals surface area contributed by atoms with Gasteiger partial charge in [0.05, 0.1) is 12.6 Å². The third-order valence-electron chi connectivity index (χ3n) is 3.60. The number of pyridine rings is 1. The summed E-state index contributed by atoms with van der Waals surface area (Å²) >= 11 is 0. The highest BCUT2D eigenvalue weighted by atomic mass is 16.5. The Morgan fingerprint density at radius 3 is 2.74 bits per heavy atom. The zero-order chi connectivity index (χ0) is 14.0. The zero-order valence-corrected chi connectivity index (χ0v) is 11.9. The van der Waals surface area contributed by atoms with E-state index in [2.05, 4.69) is 5.32 Å². The van der Waals surface area contributed by atoms with Crippen molar-refractivity contribution in [1.82, 2.24) is 9.88 Å². The average molecular weight is 260 g/mol. The lowest BCUT2D eigenvalue weighted by Gasteiger charge is -2.15. The summed E-state index contributed by atoms with van der Waals surface area (Å²) in [4.78, 5) is 12.5. The van der Waals surface area contributed by atoms with Gasteiger partial charge in [-0.1, -0.05) is 12.1 Å². The molecule has 0 fully saturated rings. The lowest BCUT2D eigenvalue weighted by molar-refractivity contribution is 0.417. The fourth-order valence-electron chi connectivity index (χ4n) is 2.51. The van der Waals surface area contributed by atoms with Crippen molar-refractivity contribution in [3.8, 4) is 5.75 Å². The summed E-state index contributed by atoms with van der Waals surface area (Å²) in [5.74, 6) is 0.736. The summed E-state index contributed by atoms with van der Waals surface area (Å²) in [5.41, 5.74) is 2.84. The molecule has 0 bridgehead atoms. The molecular weight excluding hydrogens is 240 g/mol. The Kier molecular flexibility index (Phi) is 3.90. The molecule has 4 heteroatoms. The first-order valence-corrected chi connectivity index (χ1v) is 6.41. The third-order valence-corrected chi connectivity index (χ3v) is 3.60. The van der Waals surface area contributed by atoms with Crippen molar-refractivity contribution in [3.63, 3.8) is 0 Å². The van der Waals surface area contributed by atoms with E-state index in [9.17, 15) is 4.79 Å². The van der Waals surface area contributed by atoms with Crippen molar-refractivity contribution in [1.29, 1.82) is 0 Å². The normalized spacial score (nSPS) is 10.9. The number of nitrogens with one attached hydrogen (secondary N) is 1. The smallest absolute Gasteiger partial charge is 0.254 e. The minimum Gasteiger partial charge on any atom is -0.495 e. The van der Waals surface area contributed by atoms with Crippen molar-refractivity contribution in [2.24, 2.45) is 7.05 Å². The fourth-order valence-corrected chi connectivity index (χ4v) is 2.51. The second-order valence-corrected chi connectivity index (χ2v) is 4.68. The van der Waals surface area contributed by atoms with Crippen LogP contribution in [0.15, 0.2) is 23.0 Å². The molecule has 0 radical (unpaired) electrons. The molecule has 1 N–H and O–H groups in total. The summed E-state index contributed by atoms with van der Waals surface area (Å²) in [5, 5.41) is 4.16. The van der Waals surface area contributed by atoms with Crippen LogP contribution >= 0.6 is 0 Å². The predicted octanol–water partition coefficient (Wildman–Crippen LogP) is 1.62. The van der Waals surface area contributed by atoms with Gasteiger partial charge in [0.15, 0.2) is 0 Å². The van der Waals surface area contributed by atoms with Gasteiger partial charge in [-0.3, -0.25) is 4.79 Å². The second-order valence-electron chi connectivity index (χ2n) is 4.68. The van der Waals surface area contributed by atoms with Gasteiger partial charge in [0.2, 0.25) is 0 Å². The van der Waals surface area contributed by atoms with Gasteiger partial charge in [0.25, 0.3) is 5.56 Å². The number of likely N-dealkylation sites (N-methyl/N-ethyl adjacent to an activating group) is 1. The number of hydrogen-bond donors (Lipinski definition) is 1. The van der Waals surface area contributed by atoms with E-state index >= 15 is 0 Å². The van der Waals surface area contributed by atoms with Crippen LogP contribution in [-0.2, 0) is 13.5 Å². The molecule has 0 saturated carbocycles. The Balaban J connectivity index is 2.79. The van der Waals surface area contributed by atoms with E-state index < -0.39 is 0 Å². The van der Waals surface area contributed by atoms with E-state index in [1.165, 1.54) is 0 Å². The average Bonchev–Trinajstić information content (AvgIpc) is 2.44. The van der Waals surface area contributed by atoms with Gasteiger partial charge in [0.1, 0.15) is 5.75 Å². The predicted molar refractivity (Wildman–Crippen MR) is 78.1 cm³/mol. The minimum absolute atomic E-state index is 0.0600. The van der Waals surface area contributed by atoms with Crippen LogP contribution in [0.2, 0.25) is 0 Å². The molecule has 0 spiro atoms. The monoisotopic (exact) mass is 260 g/mol. The van der Waals surface area contributed by atoms with Gasteiger partial charge < -0.3 is 14.6 Å². The van der Waals surface area contributed by atoms with E-state index in [-0.39, 0.29) is 5.56 Å². The first-order valence-electron chi connectivity index (χ1n) is 6.41. The molecule has 19 heavy (non-hydrogen) atoms. The Labute approximate surface area is 113 Å². The lowest BCUT2D eigenvalue weighted by atomic mass is 10.0. The maximum Gasteiger partial charge on any atom is 0.254 e. The number of aromatic nitrogens is 1. The molecule has 0 amide bonds. The molecule has 0 aliphatic carbocycles. The minimum atomic E-state index is 0.0600. The maximum absolute atomic E-state index is 12.5. The number of para-hydroxylation sites is 1. The van der Waals surface area contributed by atoms with Gasteiger partial charge in [0, 0.05) is 18.0 Å². The summed E-state index contributed by atoms with van der Waals surface area (Å²) in [6, 6.07) is 5.88. The number of rotatable bonds is 4. The van der Waals surface area contributed by atoms with Gasteiger partial charge >= 0.3 is 0 Å². The van der Waals surface area contributed by atoms with E-state index in [0.29, 0.717) is 0 Å². The Morgan fingerprint density at radius 1 is 1.37 bits per heavy atom. The van der Waals surface area contributed by atoms with Crippen LogP contribution in [0, 0.1) is 6.92 Å². The van der Waals surface area contributed by atoms with Crippen LogP contribution in [0.25, 0.3) is 10.9 Å². The molecule has 1 aromatic heterocycles. The standard InChI is InChI=1S/C15H20N2O2/c1-10-11-6-5-7-13(19-4)14(11)17(3)15(18)12(10)8-9-16-2/h5-7,16H,8-9H2,1-4H3. The number of methoxy groups -OCH3 is 1. The highest BCUT2D eigenvalue weighted by Gasteiger charge is 2.14. The van der Waals surface area contributed by atoms with Crippen molar-refractivity contribution in [3.05, 3.63) is 39.7 Å². The molecule has 4 nitrogen and oxygen atoms in total. The first-order chi connectivity index (χ1) is 9.11. The van der Waals surface area contributed by atoms with Crippen LogP contribution in [0.4, 0.5) is 0 Å². The van der Waals surface area contributed by atoms with E-state index in [1.807, 2.05) is 32.2 Å². The molecule has 0 aliphatic heterocycles. The van der Waals surface area contributed by atoms with Crippen LogP contribution in [0.3, 0.4) is 0 Å². The summed E-state index contributed by atoms with van der Waals surface area (Å²) in [6.07, 6.45) is 0.738. The molecule has 0 unspecified atom stereocenters. The molecule has 0 atom stereocenters. The van der Waals surface area contributed by atoms with Gasteiger partial charge in [-0.05, 0) is 38.6 Å². The van der Waals surface area contributed by atoms with Crippen LogP contribution in [0.5, 0.6) is 5.75 Å². The second kappa shape index (κ2) is 5.45. The van der Waals surface area contributed by atoms with Crippen molar-refractivity contribution in [2.45, 2.75) is 13.3 Å². The maximum atomic E-state index is 12.5. The largest absolute Gasteiger partial charge is 0.495 e. The third kappa shape index (κ3) is 2.24. The molecule has 2 rings (SSSR count). The van der Waals surface area contributed by atoms with Gasteiger partial charge in [-0.25, -0.2) is 0 Å². The Morgan fingerprint density at radius 2 is 2.11 bits per heavy atom. The number of hydrogen-bond acceptors (Lipinski definition) is 3. The van der Waals surface area contributed by atoms with Crippen LogP contribution in [-0.4, -0.2) is 25.3 Å². The van der Waals surface area contributed by atoms with Crippen molar-refractivity contribution in [2.75, 3.05) is 20.7 Å². The molecule has 1 heterocycles. The van der Waals surface area contributed by atoms with Gasteiger partial charge in [-0.15, -0.1) is 0 Å². The highest BCUT2D eigenvalue weighted by molar-refractivity contribution is 5.88. The van der Waals surface area contributed by atoms with E-state index in [4.69, 9.17) is 4.74 Å². The van der Waals surface area contributed by atoms with Gasteiger partial charge in [-0.2, -0.15) is 0 Å². The highest BCUT2D eigenvalue weighted by Crippen LogP contribution is 2.27. The Hall–Kier alpha value is -1.81. The summed E-state index contributed by atoms with van der Waals surface area (Å²) in [6.45, 7) is 2.81. The first kappa shape index (κ1) is 13.6. The van der Waals surface area contributed by atoms with Crippen LogP contribution < -0.4 is 15.6 Å². The number of benzene rings is 1. The van der Waals surface area contributed by atoms with E-state index in [0.717, 1.165) is 40.7 Å². The number of ether oxygens (including phenoxy) is 1. The van der Waals surface area contributed by atoms with Crippen molar-refractivity contribution >= 4 is 10.9 Å². The Bertz CT molecular complexity index is 659. The molecule has 1 aromatic carbocycles. The van der Waals surface area contributed by atoms with E-state index in [1.54, 1.807) is 18.7 Å². The lowest BCUT2D eigenvalue weighted by Crippen LogP contribution is -2.26. The van der Waals surface area contributed by atoms with Crippen molar-refractivity contribution < 1.29 is 4.74 Å². The number of fused-ring (bicyclic) bond motifs is 1. The zero-order valence-electron chi connectivity index (χ0n) is 11.9. The topological polar surface area (TPSA) is 43.3 Å². The SMILES string of the molecule is CNCCc1c(C)c2cccc(OC)c2n(C)c1=O. The molecular formula is C15H20N2O2. The summed E-state index contributed by atoms with van der Waals surface area (Å²) in [7, 11) is 5.32. The number of aryl methyl sites for hydroxylation is 2.